The molecule has 7 heteroatoms. The molecule has 2 heterocycles. The summed E-state index contributed by atoms with van der Waals surface area (Å²) in [4.78, 5) is 39.0. The minimum absolute atomic E-state index is 0.0385. The van der Waals surface area contributed by atoms with Crippen LogP contribution in [0.25, 0.3) is 0 Å². The van der Waals surface area contributed by atoms with E-state index in [0.717, 1.165) is 25.7 Å². The van der Waals surface area contributed by atoms with E-state index in [9.17, 15) is 18.8 Å². The Labute approximate surface area is 192 Å². The number of nitrogens with one attached hydrogen (secondary N) is 2. The zero-order valence-electron chi connectivity index (χ0n) is 18.4. The van der Waals surface area contributed by atoms with Gasteiger partial charge in [-0.15, -0.1) is 0 Å². The van der Waals surface area contributed by atoms with Crippen molar-refractivity contribution in [1.29, 1.82) is 0 Å². The molecule has 3 fully saturated rings. The van der Waals surface area contributed by atoms with E-state index in [1.54, 1.807) is 18.2 Å². The Morgan fingerprint density at radius 2 is 1.82 bits per heavy atom. The number of anilines is 1. The molecule has 1 spiro atoms. The van der Waals surface area contributed by atoms with Crippen LogP contribution in [0.5, 0.6) is 0 Å². The lowest BCUT2D eigenvalue weighted by atomic mass is 9.67. The van der Waals surface area contributed by atoms with Gasteiger partial charge in [-0.1, -0.05) is 42.5 Å². The van der Waals surface area contributed by atoms with Crippen molar-refractivity contribution in [3.63, 3.8) is 0 Å². The number of benzene rings is 2. The molecule has 2 aromatic rings. The molecule has 3 aliphatic rings. The maximum Gasteiger partial charge on any atom is 0.227 e. The van der Waals surface area contributed by atoms with Gasteiger partial charge in [0.25, 0.3) is 0 Å². The maximum atomic E-state index is 14.2. The van der Waals surface area contributed by atoms with E-state index in [4.69, 9.17) is 0 Å². The van der Waals surface area contributed by atoms with Crippen molar-refractivity contribution in [1.82, 2.24) is 10.6 Å². The predicted octanol–water partition coefficient (Wildman–Crippen LogP) is 3.28. The Morgan fingerprint density at radius 3 is 2.55 bits per heavy atom. The summed E-state index contributed by atoms with van der Waals surface area (Å²) in [5.74, 6) is -1.16. The van der Waals surface area contributed by atoms with Gasteiger partial charge in [-0.2, -0.15) is 0 Å². The standard InChI is InChI=1S/C26H28FN3O3/c27-21-8-4-5-9-22(21)30-16-18(14-24(30)32)25(33)28-19-10-12-26(13-11-23(31)29-26)20(15-19)17-6-2-1-3-7-17/h1-9,18-20H,10-16H2,(H,28,33)(H,29,31)/t18-,19+,20-,26+/m1/s1. The highest BCUT2D eigenvalue weighted by atomic mass is 19.1. The molecule has 0 radical (unpaired) electrons. The number of hydrogen-bond acceptors (Lipinski definition) is 3. The lowest BCUT2D eigenvalue weighted by Crippen LogP contribution is -2.54. The van der Waals surface area contributed by atoms with Crippen molar-refractivity contribution < 1.29 is 18.8 Å². The number of rotatable bonds is 4. The van der Waals surface area contributed by atoms with Gasteiger partial charge in [0.05, 0.1) is 11.6 Å². The van der Waals surface area contributed by atoms with Crippen LogP contribution in [0, 0.1) is 11.7 Å². The minimum Gasteiger partial charge on any atom is -0.353 e. The molecule has 4 atom stereocenters. The normalized spacial score (nSPS) is 29.4. The zero-order valence-corrected chi connectivity index (χ0v) is 18.4. The summed E-state index contributed by atoms with van der Waals surface area (Å²) >= 11 is 0. The molecule has 33 heavy (non-hydrogen) atoms. The van der Waals surface area contributed by atoms with Crippen LogP contribution in [-0.2, 0) is 14.4 Å². The van der Waals surface area contributed by atoms with E-state index in [1.165, 1.54) is 16.5 Å². The van der Waals surface area contributed by atoms with Gasteiger partial charge in [-0.05, 0) is 43.4 Å². The summed E-state index contributed by atoms with van der Waals surface area (Å²) in [5.41, 5.74) is 1.13. The molecule has 6 nitrogen and oxygen atoms in total. The molecular weight excluding hydrogens is 421 g/mol. The van der Waals surface area contributed by atoms with E-state index >= 15 is 0 Å². The zero-order chi connectivity index (χ0) is 23.0. The second-order valence-electron chi connectivity index (χ2n) is 9.50. The van der Waals surface area contributed by atoms with Crippen LogP contribution >= 0.6 is 0 Å². The van der Waals surface area contributed by atoms with Crippen LogP contribution in [-0.4, -0.2) is 35.8 Å². The summed E-state index contributed by atoms with van der Waals surface area (Å²) in [6, 6.07) is 16.3. The average molecular weight is 450 g/mol. The molecule has 0 aromatic heterocycles. The minimum atomic E-state index is -0.505. The van der Waals surface area contributed by atoms with Gasteiger partial charge in [0.1, 0.15) is 5.82 Å². The van der Waals surface area contributed by atoms with Crippen LogP contribution in [0.3, 0.4) is 0 Å². The summed E-state index contributed by atoms with van der Waals surface area (Å²) in [6.07, 6.45) is 3.72. The SMILES string of the molecule is O=C1CC[C@]2(CC[C@H](NC(=O)[C@@H]3CC(=O)N(c4ccccc4F)C3)C[C@@H]2c2ccccc2)N1. The second-order valence-corrected chi connectivity index (χ2v) is 9.50. The average Bonchev–Trinajstić information content (AvgIpc) is 3.39. The molecule has 5 rings (SSSR count). The molecule has 3 amide bonds. The lowest BCUT2D eigenvalue weighted by molar-refractivity contribution is -0.127. The third-order valence-corrected chi connectivity index (χ3v) is 7.50. The fourth-order valence-corrected chi connectivity index (χ4v) is 5.80. The van der Waals surface area contributed by atoms with Crippen LogP contribution in [0.4, 0.5) is 10.1 Å². The van der Waals surface area contributed by atoms with Crippen LogP contribution < -0.4 is 15.5 Å². The molecule has 2 aromatic carbocycles. The van der Waals surface area contributed by atoms with Crippen molar-refractivity contribution in [2.75, 3.05) is 11.4 Å². The first-order chi connectivity index (χ1) is 15.9. The highest BCUT2D eigenvalue weighted by Crippen LogP contribution is 2.46. The summed E-state index contributed by atoms with van der Waals surface area (Å²) in [6.45, 7) is 0.181. The number of halogens is 1. The predicted molar refractivity (Wildman–Crippen MR) is 122 cm³/mol. The van der Waals surface area contributed by atoms with E-state index in [-0.39, 0.29) is 53.9 Å². The number of carbonyl (C=O) groups is 3. The smallest absolute Gasteiger partial charge is 0.227 e. The Kier molecular flexibility index (Phi) is 5.64. The first-order valence-corrected chi connectivity index (χ1v) is 11.7. The van der Waals surface area contributed by atoms with Gasteiger partial charge in [0.15, 0.2) is 0 Å². The lowest BCUT2D eigenvalue weighted by Gasteiger charge is -2.45. The van der Waals surface area contributed by atoms with Crippen LogP contribution in [0.1, 0.15) is 50.0 Å². The Bertz CT molecular complexity index is 1080. The summed E-state index contributed by atoms with van der Waals surface area (Å²) < 4.78 is 14.2. The topological polar surface area (TPSA) is 78.5 Å². The van der Waals surface area contributed by atoms with Crippen LogP contribution in [0.15, 0.2) is 54.6 Å². The fraction of sp³-hybridized carbons (Fsp3) is 0.423. The van der Waals surface area contributed by atoms with Gasteiger partial charge in [-0.3, -0.25) is 14.4 Å². The Hall–Kier alpha value is -3.22. The number of hydrogen-bond donors (Lipinski definition) is 2. The third kappa shape index (κ3) is 4.12. The molecule has 2 saturated heterocycles. The van der Waals surface area contributed by atoms with Crippen molar-refractivity contribution in [3.05, 3.63) is 66.0 Å². The summed E-state index contributed by atoms with van der Waals surface area (Å²) in [7, 11) is 0. The van der Waals surface area contributed by atoms with Crippen molar-refractivity contribution >= 4 is 23.4 Å². The second kappa shape index (κ2) is 8.61. The summed E-state index contributed by atoms with van der Waals surface area (Å²) in [5, 5.41) is 6.40. The quantitative estimate of drug-likeness (QED) is 0.752. The largest absolute Gasteiger partial charge is 0.353 e. The number of amides is 3. The molecule has 1 saturated carbocycles. The molecule has 0 unspecified atom stereocenters. The van der Waals surface area contributed by atoms with Gasteiger partial charge in [0.2, 0.25) is 17.7 Å². The molecule has 172 valence electrons. The molecule has 2 aliphatic heterocycles. The Balaban J connectivity index is 1.28. The van der Waals surface area contributed by atoms with Crippen molar-refractivity contribution in [2.24, 2.45) is 5.92 Å². The first-order valence-electron chi connectivity index (χ1n) is 11.7. The first kappa shape index (κ1) is 21.6. The molecule has 1 aliphatic carbocycles. The molecule has 2 N–H and O–H groups in total. The highest BCUT2D eigenvalue weighted by Gasteiger charge is 2.48. The van der Waals surface area contributed by atoms with Crippen LogP contribution in [0.2, 0.25) is 0 Å². The van der Waals surface area contributed by atoms with Gasteiger partial charge >= 0.3 is 0 Å². The Morgan fingerprint density at radius 1 is 1.06 bits per heavy atom. The van der Waals surface area contributed by atoms with E-state index < -0.39 is 11.7 Å². The van der Waals surface area contributed by atoms with E-state index in [0.29, 0.717) is 6.42 Å². The number of carbonyl (C=O) groups excluding carboxylic acids is 3. The fourth-order valence-electron chi connectivity index (χ4n) is 5.80. The number of para-hydroxylation sites is 1. The van der Waals surface area contributed by atoms with Gasteiger partial charge in [-0.25, -0.2) is 4.39 Å². The van der Waals surface area contributed by atoms with Crippen molar-refractivity contribution in [2.45, 2.75) is 56.0 Å². The highest BCUT2D eigenvalue weighted by molar-refractivity contribution is 6.00. The number of nitrogens with zero attached hydrogens (tertiary/aromatic N) is 1. The molecule has 0 bridgehead atoms. The van der Waals surface area contributed by atoms with Gasteiger partial charge < -0.3 is 15.5 Å². The maximum absolute atomic E-state index is 14.2. The van der Waals surface area contributed by atoms with Crippen molar-refractivity contribution in [3.8, 4) is 0 Å². The van der Waals surface area contributed by atoms with Gasteiger partial charge in [0, 0.05) is 36.9 Å². The molecular formula is C26H28FN3O3. The third-order valence-electron chi connectivity index (χ3n) is 7.50. The van der Waals surface area contributed by atoms with E-state index in [2.05, 4.69) is 22.8 Å². The van der Waals surface area contributed by atoms with E-state index in [1.807, 2.05) is 18.2 Å². The monoisotopic (exact) mass is 449 g/mol.